The topological polar surface area (TPSA) is 84.9 Å². The van der Waals surface area contributed by atoms with E-state index in [0.717, 1.165) is 4.88 Å². The zero-order valence-corrected chi connectivity index (χ0v) is 11.0. The van der Waals surface area contributed by atoms with Gasteiger partial charge in [0, 0.05) is 4.88 Å². The summed E-state index contributed by atoms with van der Waals surface area (Å²) in [6.07, 6.45) is -0.815. The number of hydrogen-bond donors (Lipinski definition) is 2. The average molecular weight is 285 g/mol. The number of carboxylic acids is 1. The van der Waals surface area contributed by atoms with E-state index < -0.39 is 18.1 Å². The van der Waals surface area contributed by atoms with Crippen molar-refractivity contribution in [3.8, 4) is 0 Å². The number of nitrogens with one attached hydrogen (secondary N) is 1. The van der Waals surface area contributed by atoms with Crippen LogP contribution < -0.4 is 5.32 Å². The molecule has 19 heavy (non-hydrogen) atoms. The van der Waals surface area contributed by atoms with Crippen molar-refractivity contribution in [1.82, 2.24) is 5.32 Å². The van der Waals surface area contributed by atoms with Gasteiger partial charge in [-0.25, -0.2) is 0 Å². The van der Waals surface area contributed by atoms with Gasteiger partial charge in [0.15, 0.2) is 6.10 Å². The summed E-state index contributed by atoms with van der Waals surface area (Å²) >= 11 is 1.41. The van der Waals surface area contributed by atoms with Crippen molar-refractivity contribution in [2.45, 2.75) is 18.6 Å². The highest BCUT2D eigenvalue weighted by molar-refractivity contribution is 7.10. The van der Waals surface area contributed by atoms with Crippen LogP contribution >= 0.6 is 11.3 Å². The summed E-state index contributed by atoms with van der Waals surface area (Å²) in [4.78, 5) is 23.7. The van der Waals surface area contributed by atoms with Crippen LogP contribution in [0.4, 0.5) is 0 Å². The van der Waals surface area contributed by atoms with Crippen LogP contribution in [0.1, 0.15) is 17.3 Å². The first-order valence-corrected chi connectivity index (χ1v) is 6.79. The molecule has 1 amide bonds. The maximum Gasteiger partial charge on any atom is 0.305 e. The van der Waals surface area contributed by atoms with Crippen LogP contribution in [0.5, 0.6) is 0 Å². The molecule has 0 aliphatic carbocycles. The minimum Gasteiger partial charge on any atom is -0.481 e. The number of carbonyl (C=O) groups is 2. The first-order valence-electron chi connectivity index (χ1n) is 5.91. The van der Waals surface area contributed by atoms with Gasteiger partial charge in [-0.3, -0.25) is 9.59 Å². The van der Waals surface area contributed by atoms with E-state index in [2.05, 4.69) is 5.32 Å². The Kier molecular flexibility index (Phi) is 4.89. The van der Waals surface area contributed by atoms with Crippen molar-refractivity contribution >= 4 is 23.2 Å². The fourth-order valence-corrected chi connectivity index (χ4v) is 2.57. The van der Waals surface area contributed by atoms with E-state index in [-0.39, 0.29) is 18.9 Å². The predicted octanol–water partition coefficient (Wildman–Crippen LogP) is 0.796. The molecule has 1 fully saturated rings. The Bertz CT molecular complexity index is 427. The number of ether oxygens (including phenoxy) is 2. The molecule has 2 N–H and O–H groups in total. The molecule has 0 saturated carbocycles. The highest BCUT2D eigenvalue weighted by Gasteiger charge is 2.26. The van der Waals surface area contributed by atoms with Crippen LogP contribution in [0.2, 0.25) is 0 Å². The lowest BCUT2D eigenvalue weighted by molar-refractivity contribution is -0.148. The van der Waals surface area contributed by atoms with Gasteiger partial charge in [-0.1, -0.05) is 6.07 Å². The largest absolute Gasteiger partial charge is 0.481 e. The van der Waals surface area contributed by atoms with E-state index in [9.17, 15) is 9.59 Å². The predicted molar refractivity (Wildman–Crippen MR) is 68.0 cm³/mol. The molecule has 2 unspecified atom stereocenters. The molecule has 0 aromatic carbocycles. The summed E-state index contributed by atoms with van der Waals surface area (Å²) in [5.74, 6) is -1.29. The molecular weight excluding hydrogens is 270 g/mol. The number of amides is 1. The molecule has 2 atom stereocenters. The molecule has 1 aliphatic rings. The number of thiophene rings is 1. The van der Waals surface area contributed by atoms with Crippen molar-refractivity contribution in [2.75, 3.05) is 19.8 Å². The molecular formula is C12H15NO5S. The van der Waals surface area contributed by atoms with Crippen LogP contribution in [-0.2, 0) is 19.1 Å². The van der Waals surface area contributed by atoms with E-state index in [0.29, 0.717) is 13.2 Å². The Morgan fingerprint density at radius 3 is 2.95 bits per heavy atom. The Morgan fingerprint density at radius 1 is 1.53 bits per heavy atom. The summed E-state index contributed by atoms with van der Waals surface area (Å²) in [6, 6.07) is 3.09. The van der Waals surface area contributed by atoms with E-state index >= 15 is 0 Å². The minimum absolute atomic E-state index is 0.153. The van der Waals surface area contributed by atoms with Crippen LogP contribution in [-0.4, -0.2) is 42.9 Å². The van der Waals surface area contributed by atoms with Crippen LogP contribution in [0, 0.1) is 0 Å². The normalized spacial score (nSPS) is 20.7. The van der Waals surface area contributed by atoms with Crippen LogP contribution in [0.15, 0.2) is 17.5 Å². The fourth-order valence-electron chi connectivity index (χ4n) is 1.79. The van der Waals surface area contributed by atoms with E-state index in [4.69, 9.17) is 14.6 Å². The third-order valence-corrected chi connectivity index (χ3v) is 3.68. The number of aliphatic carboxylic acids is 1. The SMILES string of the molecule is O=C(O)CC(NC(=O)C1COCCO1)c1cccs1. The maximum atomic E-state index is 12.0. The second-order valence-electron chi connectivity index (χ2n) is 4.11. The van der Waals surface area contributed by atoms with Gasteiger partial charge >= 0.3 is 5.97 Å². The molecule has 6 nitrogen and oxygen atoms in total. The summed E-state index contributed by atoms with van der Waals surface area (Å²) in [7, 11) is 0. The van der Waals surface area contributed by atoms with Crippen molar-refractivity contribution in [3.05, 3.63) is 22.4 Å². The van der Waals surface area contributed by atoms with Gasteiger partial charge in [-0.2, -0.15) is 0 Å². The van der Waals surface area contributed by atoms with E-state index in [1.54, 1.807) is 6.07 Å². The lowest BCUT2D eigenvalue weighted by Gasteiger charge is -2.24. The molecule has 0 bridgehead atoms. The third-order valence-electron chi connectivity index (χ3n) is 2.69. The molecule has 7 heteroatoms. The van der Waals surface area contributed by atoms with Gasteiger partial charge in [-0.15, -0.1) is 11.3 Å². The van der Waals surface area contributed by atoms with Gasteiger partial charge in [0.25, 0.3) is 5.91 Å². The second-order valence-corrected chi connectivity index (χ2v) is 5.09. The molecule has 2 rings (SSSR count). The number of hydrogen-bond acceptors (Lipinski definition) is 5. The molecule has 0 spiro atoms. The zero-order valence-electron chi connectivity index (χ0n) is 10.2. The first-order chi connectivity index (χ1) is 9.16. The number of carboxylic acid groups (broad SMARTS) is 1. The molecule has 1 aromatic heterocycles. The Hall–Kier alpha value is -1.44. The summed E-state index contributed by atoms with van der Waals surface area (Å²) in [5.41, 5.74) is 0. The highest BCUT2D eigenvalue weighted by Crippen LogP contribution is 2.22. The summed E-state index contributed by atoms with van der Waals surface area (Å²) in [6.45, 7) is 1.06. The summed E-state index contributed by atoms with van der Waals surface area (Å²) in [5, 5.41) is 13.5. The third kappa shape index (κ3) is 4.02. The monoisotopic (exact) mass is 285 g/mol. The van der Waals surface area contributed by atoms with Crippen molar-refractivity contribution in [2.24, 2.45) is 0 Å². The Balaban J connectivity index is 1.99. The van der Waals surface area contributed by atoms with Gasteiger partial charge in [0.1, 0.15) is 0 Å². The van der Waals surface area contributed by atoms with Crippen molar-refractivity contribution in [1.29, 1.82) is 0 Å². The Morgan fingerprint density at radius 2 is 2.37 bits per heavy atom. The quantitative estimate of drug-likeness (QED) is 0.835. The smallest absolute Gasteiger partial charge is 0.305 e. The lowest BCUT2D eigenvalue weighted by Crippen LogP contribution is -2.44. The van der Waals surface area contributed by atoms with Gasteiger partial charge in [-0.05, 0) is 11.4 Å². The maximum absolute atomic E-state index is 12.0. The second kappa shape index (κ2) is 6.65. The van der Waals surface area contributed by atoms with Crippen LogP contribution in [0.3, 0.4) is 0 Å². The molecule has 1 saturated heterocycles. The first kappa shape index (κ1) is 14.0. The Labute approximate surface area is 114 Å². The van der Waals surface area contributed by atoms with Crippen LogP contribution in [0.25, 0.3) is 0 Å². The molecule has 0 radical (unpaired) electrons. The number of rotatable bonds is 5. The molecule has 2 heterocycles. The fraction of sp³-hybridized carbons (Fsp3) is 0.500. The highest BCUT2D eigenvalue weighted by atomic mass is 32.1. The molecule has 1 aromatic rings. The lowest BCUT2D eigenvalue weighted by atomic mass is 10.1. The van der Waals surface area contributed by atoms with E-state index in [1.807, 2.05) is 11.4 Å². The van der Waals surface area contributed by atoms with Gasteiger partial charge in [0.2, 0.25) is 0 Å². The average Bonchev–Trinajstić information content (AvgIpc) is 2.92. The van der Waals surface area contributed by atoms with E-state index in [1.165, 1.54) is 11.3 Å². The molecule has 104 valence electrons. The molecule has 1 aliphatic heterocycles. The number of carbonyl (C=O) groups excluding carboxylic acids is 1. The minimum atomic E-state index is -0.959. The standard InChI is InChI=1S/C12H15NO5S/c14-11(15)6-8(10-2-1-5-19-10)13-12(16)9-7-17-3-4-18-9/h1-2,5,8-9H,3-4,6-7H2,(H,13,16)(H,14,15). The van der Waals surface area contributed by atoms with Gasteiger partial charge in [0.05, 0.1) is 32.3 Å². The zero-order chi connectivity index (χ0) is 13.7. The van der Waals surface area contributed by atoms with Gasteiger partial charge < -0.3 is 19.9 Å². The van der Waals surface area contributed by atoms with Crippen molar-refractivity contribution < 1.29 is 24.2 Å². The summed E-state index contributed by atoms with van der Waals surface area (Å²) < 4.78 is 10.4. The van der Waals surface area contributed by atoms with Crippen molar-refractivity contribution in [3.63, 3.8) is 0 Å².